The number of rotatable bonds is 8. The molecule has 4 rings (SSSR count). The van der Waals surface area contributed by atoms with Crippen molar-refractivity contribution in [1.29, 1.82) is 0 Å². The van der Waals surface area contributed by atoms with Gasteiger partial charge in [-0.2, -0.15) is 0 Å². The van der Waals surface area contributed by atoms with Crippen molar-refractivity contribution in [3.8, 4) is 17.2 Å². The van der Waals surface area contributed by atoms with Gasteiger partial charge < -0.3 is 23.9 Å². The van der Waals surface area contributed by atoms with Gasteiger partial charge in [0.1, 0.15) is 11.3 Å². The highest BCUT2D eigenvalue weighted by atomic mass is 16.5. The molecule has 1 amide bonds. The number of amides is 1. The lowest BCUT2D eigenvalue weighted by atomic mass is 10.0. The molecule has 1 aliphatic carbocycles. The van der Waals surface area contributed by atoms with Crippen molar-refractivity contribution in [2.24, 2.45) is 0 Å². The van der Waals surface area contributed by atoms with E-state index in [-0.39, 0.29) is 18.1 Å². The van der Waals surface area contributed by atoms with E-state index < -0.39 is 0 Å². The highest BCUT2D eigenvalue weighted by Crippen LogP contribution is 2.35. The van der Waals surface area contributed by atoms with Crippen LogP contribution >= 0.6 is 0 Å². The van der Waals surface area contributed by atoms with Crippen LogP contribution in [0.4, 0.5) is 0 Å². The second-order valence-electron chi connectivity index (χ2n) is 7.91. The lowest BCUT2D eigenvalue weighted by Crippen LogP contribution is -2.30. The van der Waals surface area contributed by atoms with Crippen molar-refractivity contribution in [3.63, 3.8) is 0 Å². The number of ether oxygens (including phenoxy) is 3. The van der Waals surface area contributed by atoms with Crippen molar-refractivity contribution in [1.82, 2.24) is 5.32 Å². The monoisotopic (exact) mass is 437 g/mol. The second-order valence-corrected chi connectivity index (χ2v) is 7.91. The van der Waals surface area contributed by atoms with Crippen LogP contribution < -0.4 is 25.2 Å². The van der Waals surface area contributed by atoms with Crippen LogP contribution in [-0.4, -0.2) is 33.3 Å². The third-order valence-corrected chi connectivity index (χ3v) is 5.72. The quantitative estimate of drug-likeness (QED) is 0.544. The molecule has 0 fully saturated rings. The average molecular weight is 437 g/mol. The number of hydrogen-bond acceptors (Lipinski definition) is 6. The molecule has 0 saturated heterocycles. The van der Waals surface area contributed by atoms with Crippen LogP contribution in [0.3, 0.4) is 0 Å². The Balaban J connectivity index is 1.40. The number of fused-ring (bicyclic) bond motifs is 3. The van der Waals surface area contributed by atoms with Gasteiger partial charge in [-0.05, 0) is 73.6 Å². The van der Waals surface area contributed by atoms with Crippen molar-refractivity contribution in [2.45, 2.75) is 32.6 Å². The average Bonchev–Trinajstić information content (AvgIpc) is 3.27. The molecular weight excluding hydrogens is 410 g/mol. The third-order valence-electron chi connectivity index (χ3n) is 5.72. The molecule has 2 aromatic carbocycles. The normalized spacial score (nSPS) is 12.5. The Morgan fingerprint density at radius 1 is 1.03 bits per heavy atom. The topological polar surface area (TPSA) is 87.0 Å². The molecule has 1 N–H and O–H groups in total. The SMILES string of the molecule is COc1ccc(CCNC(=O)COc2cc(C)cc3oc(=O)c4c(c23)CCC4)cc1OC. The van der Waals surface area contributed by atoms with E-state index in [0.29, 0.717) is 35.8 Å². The number of aryl methyl sites for hydroxylation is 2. The Labute approximate surface area is 186 Å². The Kier molecular flexibility index (Phi) is 6.35. The second kappa shape index (κ2) is 9.34. The first-order chi connectivity index (χ1) is 15.5. The summed E-state index contributed by atoms with van der Waals surface area (Å²) in [6.07, 6.45) is 3.10. The molecule has 0 radical (unpaired) electrons. The molecule has 3 aromatic rings. The Bertz CT molecular complexity index is 1210. The predicted molar refractivity (Wildman–Crippen MR) is 121 cm³/mol. The summed E-state index contributed by atoms with van der Waals surface area (Å²) < 4.78 is 22.0. The summed E-state index contributed by atoms with van der Waals surface area (Å²) in [5, 5.41) is 3.69. The minimum atomic E-state index is -0.269. The Hall–Kier alpha value is -3.48. The fourth-order valence-electron chi connectivity index (χ4n) is 4.20. The zero-order chi connectivity index (χ0) is 22.7. The van der Waals surface area contributed by atoms with E-state index in [9.17, 15) is 9.59 Å². The molecule has 32 heavy (non-hydrogen) atoms. The molecule has 0 atom stereocenters. The molecule has 0 spiro atoms. The number of carbonyl (C=O) groups excluding carboxylic acids is 1. The van der Waals surface area contributed by atoms with Gasteiger partial charge in [0.15, 0.2) is 18.1 Å². The van der Waals surface area contributed by atoms with Gasteiger partial charge in [0.25, 0.3) is 5.91 Å². The standard InChI is InChI=1S/C25H27NO6/c1-15-11-21(24-17-5-4-6-18(17)25(28)32-22(24)12-15)31-14-23(27)26-10-9-16-7-8-19(29-2)20(13-16)30-3/h7-8,11-13H,4-6,9-10,14H2,1-3H3,(H,26,27). The van der Waals surface area contributed by atoms with Crippen LogP contribution in [0.2, 0.25) is 0 Å². The highest BCUT2D eigenvalue weighted by Gasteiger charge is 2.22. The maximum absolute atomic E-state index is 12.4. The maximum atomic E-state index is 12.4. The number of methoxy groups -OCH3 is 2. The van der Waals surface area contributed by atoms with E-state index >= 15 is 0 Å². The summed E-state index contributed by atoms with van der Waals surface area (Å²) >= 11 is 0. The van der Waals surface area contributed by atoms with Gasteiger partial charge >= 0.3 is 5.63 Å². The van der Waals surface area contributed by atoms with Crippen LogP contribution in [-0.2, 0) is 24.1 Å². The summed E-state index contributed by atoms with van der Waals surface area (Å²) in [5.74, 6) is 1.69. The highest BCUT2D eigenvalue weighted by molar-refractivity contribution is 5.89. The number of nitrogens with one attached hydrogen (secondary N) is 1. The summed E-state index contributed by atoms with van der Waals surface area (Å²) in [6, 6.07) is 9.41. The lowest BCUT2D eigenvalue weighted by Gasteiger charge is -2.13. The Morgan fingerprint density at radius 3 is 2.59 bits per heavy atom. The fourth-order valence-corrected chi connectivity index (χ4v) is 4.20. The molecule has 0 unspecified atom stereocenters. The zero-order valence-electron chi connectivity index (χ0n) is 18.6. The third kappa shape index (κ3) is 4.42. The molecule has 1 heterocycles. The number of carbonyl (C=O) groups is 1. The first-order valence-electron chi connectivity index (χ1n) is 10.7. The van der Waals surface area contributed by atoms with E-state index in [2.05, 4.69) is 5.32 Å². The van der Waals surface area contributed by atoms with E-state index in [1.807, 2.05) is 37.3 Å². The summed E-state index contributed by atoms with van der Waals surface area (Å²) in [5.41, 5.74) is 3.89. The van der Waals surface area contributed by atoms with Crippen molar-refractivity contribution in [3.05, 3.63) is 63.0 Å². The zero-order valence-corrected chi connectivity index (χ0v) is 18.6. The maximum Gasteiger partial charge on any atom is 0.339 e. The lowest BCUT2D eigenvalue weighted by molar-refractivity contribution is -0.123. The van der Waals surface area contributed by atoms with E-state index in [1.165, 1.54) is 0 Å². The Morgan fingerprint density at radius 2 is 1.81 bits per heavy atom. The van der Waals surface area contributed by atoms with Gasteiger partial charge in [0, 0.05) is 12.1 Å². The first-order valence-corrected chi connectivity index (χ1v) is 10.7. The smallest absolute Gasteiger partial charge is 0.339 e. The molecular formula is C25H27NO6. The molecule has 168 valence electrons. The van der Waals surface area contributed by atoms with E-state index in [0.717, 1.165) is 46.9 Å². The molecule has 1 aliphatic rings. The molecule has 0 bridgehead atoms. The summed E-state index contributed by atoms with van der Waals surface area (Å²) in [4.78, 5) is 24.6. The minimum absolute atomic E-state index is 0.113. The van der Waals surface area contributed by atoms with Gasteiger partial charge in [-0.3, -0.25) is 4.79 Å². The van der Waals surface area contributed by atoms with Crippen LogP contribution in [0.5, 0.6) is 17.2 Å². The van der Waals surface area contributed by atoms with E-state index in [4.69, 9.17) is 18.6 Å². The first kappa shape index (κ1) is 21.7. The van der Waals surface area contributed by atoms with Crippen molar-refractivity contribution in [2.75, 3.05) is 27.4 Å². The molecule has 1 aromatic heterocycles. The van der Waals surface area contributed by atoms with Crippen LogP contribution in [0.15, 0.2) is 39.5 Å². The van der Waals surface area contributed by atoms with Crippen LogP contribution in [0.1, 0.15) is 28.7 Å². The van der Waals surface area contributed by atoms with Gasteiger partial charge in [0.2, 0.25) is 0 Å². The van der Waals surface area contributed by atoms with Gasteiger partial charge in [-0.25, -0.2) is 4.79 Å². The predicted octanol–water partition coefficient (Wildman–Crippen LogP) is 3.35. The largest absolute Gasteiger partial charge is 0.493 e. The molecule has 0 aliphatic heterocycles. The van der Waals surface area contributed by atoms with Gasteiger partial charge in [0.05, 0.1) is 19.6 Å². The van der Waals surface area contributed by atoms with Crippen LogP contribution in [0, 0.1) is 6.92 Å². The summed E-state index contributed by atoms with van der Waals surface area (Å²) in [7, 11) is 3.19. The molecule has 0 saturated carbocycles. The minimum Gasteiger partial charge on any atom is -0.493 e. The molecule has 7 heteroatoms. The van der Waals surface area contributed by atoms with Gasteiger partial charge in [-0.1, -0.05) is 6.07 Å². The van der Waals surface area contributed by atoms with Crippen molar-refractivity contribution >= 4 is 16.9 Å². The van der Waals surface area contributed by atoms with Gasteiger partial charge in [-0.15, -0.1) is 0 Å². The van der Waals surface area contributed by atoms with Crippen molar-refractivity contribution < 1.29 is 23.4 Å². The van der Waals surface area contributed by atoms with E-state index in [1.54, 1.807) is 14.2 Å². The fraction of sp³-hybridized carbons (Fsp3) is 0.360. The number of hydrogen-bond donors (Lipinski definition) is 1. The summed E-state index contributed by atoms with van der Waals surface area (Å²) in [6.45, 7) is 2.26. The molecule has 7 nitrogen and oxygen atoms in total. The van der Waals surface area contributed by atoms with Crippen LogP contribution in [0.25, 0.3) is 11.0 Å². The number of benzene rings is 2.